The van der Waals surface area contributed by atoms with E-state index in [1.54, 1.807) is 36.4 Å². The zero-order chi connectivity index (χ0) is 20.7. The number of hydrazone groups is 1. The Labute approximate surface area is 178 Å². The number of nitrogens with two attached hydrogens (primary N) is 5. The van der Waals surface area contributed by atoms with Crippen molar-refractivity contribution < 1.29 is 4.79 Å². The Morgan fingerprint density at radius 1 is 0.786 bits per heavy atom. The molecule has 0 heterocycles. The fourth-order valence-electron chi connectivity index (χ4n) is 1.25. The molecule has 0 radical (unpaired) electrons. The molecule has 10 N–H and O–H groups in total. The highest BCUT2D eigenvalue weighted by Crippen LogP contribution is 2.08. The zero-order valence-corrected chi connectivity index (χ0v) is 16.9. The Kier molecular flexibility index (Phi) is 15.7. The van der Waals surface area contributed by atoms with Gasteiger partial charge in [0.25, 0.3) is 0 Å². The summed E-state index contributed by atoms with van der Waals surface area (Å²) in [4.78, 5) is 10.1. The van der Waals surface area contributed by atoms with E-state index in [0.717, 1.165) is 11.8 Å². The highest BCUT2D eigenvalue weighted by molar-refractivity contribution is 6.30. The van der Waals surface area contributed by atoms with Crippen LogP contribution in [0.15, 0.2) is 63.8 Å². The fraction of sp³-hybridized carbons (Fsp3) is 0. The van der Waals surface area contributed by atoms with Gasteiger partial charge in [-0.15, -0.1) is 22.6 Å². The van der Waals surface area contributed by atoms with Gasteiger partial charge in [-0.05, 0) is 29.8 Å². The van der Waals surface area contributed by atoms with Gasteiger partial charge in [0.1, 0.15) is 6.29 Å². The van der Waals surface area contributed by atoms with Crippen LogP contribution in [0.5, 0.6) is 0 Å². The van der Waals surface area contributed by atoms with Crippen LogP contribution < -0.4 is 28.8 Å². The molecule has 0 atom stereocenters. The van der Waals surface area contributed by atoms with Gasteiger partial charge in [0.15, 0.2) is 0 Å². The molecule has 2 aromatic carbocycles. The third-order valence-corrected chi connectivity index (χ3v) is 2.91. The standard InChI is InChI=1S/C8H9ClN4.C7H5ClO.CH6N4.ClH/c9-7-3-1-6(2-4-7)5-12-13-8(10)11;8-7-3-1-6(5-9)2-4-7;2-1(3)5-4;/h1-5H,(H4,10,11,13);1-5H;4H2,(H4,2,3,5);1H/b12-5+;;;. The van der Waals surface area contributed by atoms with Crippen LogP contribution in [-0.4, -0.2) is 24.4 Å². The lowest BCUT2D eigenvalue weighted by molar-refractivity contribution is 0.112. The van der Waals surface area contributed by atoms with E-state index in [4.69, 9.17) is 46.1 Å². The van der Waals surface area contributed by atoms with Crippen molar-refractivity contribution in [3.05, 3.63) is 69.7 Å². The van der Waals surface area contributed by atoms with E-state index in [-0.39, 0.29) is 24.3 Å². The predicted molar refractivity (Wildman–Crippen MR) is 119 cm³/mol. The smallest absolute Gasteiger partial charge is 0.211 e. The SMILES string of the molecule is Cl.NC(N)=N/N=C/c1ccc(Cl)cc1.NN=C(N)N.O=Cc1ccc(Cl)cc1. The molecule has 0 aliphatic carbocycles. The van der Waals surface area contributed by atoms with Gasteiger partial charge in [-0.3, -0.25) is 4.79 Å². The Morgan fingerprint density at radius 3 is 1.50 bits per heavy atom. The highest BCUT2D eigenvalue weighted by Gasteiger charge is 1.87. The van der Waals surface area contributed by atoms with Crippen molar-refractivity contribution in [1.29, 1.82) is 0 Å². The highest BCUT2D eigenvalue weighted by atomic mass is 35.5. The monoisotopic (exact) mass is 446 g/mol. The quantitative estimate of drug-likeness (QED) is 0.156. The van der Waals surface area contributed by atoms with Crippen LogP contribution in [0.2, 0.25) is 10.0 Å². The van der Waals surface area contributed by atoms with E-state index in [1.807, 2.05) is 12.1 Å². The number of nitrogens with zero attached hydrogens (tertiary/aromatic N) is 3. The first-order chi connectivity index (χ1) is 12.8. The molecule has 2 rings (SSSR count). The van der Waals surface area contributed by atoms with Crippen molar-refractivity contribution in [2.45, 2.75) is 0 Å². The van der Waals surface area contributed by atoms with E-state index in [9.17, 15) is 4.79 Å². The van der Waals surface area contributed by atoms with E-state index in [2.05, 4.69) is 21.1 Å². The van der Waals surface area contributed by atoms with E-state index >= 15 is 0 Å². The minimum Gasteiger partial charge on any atom is -0.369 e. The van der Waals surface area contributed by atoms with Crippen molar-refractivity contribution in [3.63, 3.8) is 0 Å². The molecule has 2 aromatic rings. The molecule has 152 valence electrons. The van der Waals surface area contributed by atoms with Crippen LogP contribution >= 0.6 is 35.6 Å². The summed E-state index contributed by atoms with van der Waals surface area (Å²) >= 11 is 11.2. The molecule has 0 aliphatic heterocycles. The van der Waals surface area contributed by atoms with Crippen LogP contribution in [-0.2, 0) is 0 Å². The maximum absolute atomic E-state index is 10.1. The summed E-state index contributed by atoms with van der Waals surface area (Å²) in [5, 5.41) is 11.3. The molecule has 0 unspecified atom stereocenters. The summed E-state index contributed by atoms with van der Waals surface area (Å²) in [6.07, 6.45) is 2.33. The van der Waals surface area contributed by atoms with Gasteiger partial charge in [0.05, 0.1) is 6.21 Å². The third kappa shape index (κ3) is 15.3. The maximum atomic E-state index is 10.1. The molecule has 12 heteroatoms. The van der Waals surface area contributed by atoms with Gasteiger partial charge in [-0.1, -0.05) is 47.5 Å². The minimum absolute atomic E-state index is 0. The van der Waals surface area contributed by atoms with Crippen molar-refractivity contribution in [2.24, 2.45) is 44.1 Å². The van der Waals surface area contributed by atoms with Crippen molar-refractivity contribution in [3.8, 4) is 0 Å². The lowest BCUT2D eigenvalue weighted by atomic mass is 10.2. The average Bonchev–Trinajstić information content (AvgIpc) is 2.65. The molecule has 28 heavy (non-hydrogen) atoms. The van der Waals surface area contributed by atoms with Crippen molar-refractivity contribution >= 4 is 60.0 Å². The molecular formula is C16H21Cl3N8O. The molecular weight excluding hydrogens is 427 g/mol. The number of benzene rings is 2. The Balaban J connectivity index is 0. The summed E-state index contributed by atoms with van der Waals surface area (Å²) in [5.74, 6) is 4.35. The summed E-state index contributed by atoms with van der Waals surface area (Å²) in [5.41, 5.74) is 21.1. The van der Waals surface area contributed by atoms with Crippen LogP contribution in [0.25, 0.3) is 0 Å². The minimum atomic E-state index is -0.0926. The van der Waals surface area contributed by atoms with Crippen molar-refractivity contribution in [1.82, 2.24) is 0 Å². The van der Waals surface area contributed by atoms with Gasteiger partial charge in [0, 0.05) is 15.6 Å². The second-order valence-corrected chi connectivity index (χ2v) is 5.42. The van der Waals surface area contributed by atoms with E-state index in [1.165, 1.54) is 6.21 Å². The van der Waals surface area contributed by atoms with Crippen LogP contribution in [0, 0.1) is 0 Å². The fourth-order valence-corrected chi connectivity index (χ4v) is 1.50. The van der Waals surface area contributed by atoms with E-state index < -0.39 is 0 Å². The zero-order valence-electron chi connectivity index (χ0n) is 14.6. The molecule has 0 fully saturated rings. The first kappa shape index (κ1) is 27.2. The topological polar surface area (TPSA) is 184 Å². The van der Waals surface area contributed by atoms with Crippen LogP contribution in [0.1, 0.15) is 15.9 Å². The summed E-state index contributed by atoms with van der Waals surface area (Å²) < 4.78 is 0. The molecule has 0 bridgehead atoms. The molecule has 0 amide bonds. The molecule has 0 spiro atoms. The van der Waals surface area contributed by atoms with Gasteiger partial charge >= 0.3 is 0 Å². The summed E-state index contributed by atoms with van der Waals surface area (Å²) in [6, 6.07) is 13.9. The number of carbonyl (C=O) groups is 1. The van der Waals surface area contributed by atoms with Gasteiger partial charge in [0.2, 0.25) is 11.9 Å². The largest absolute Gasteiger partial charge is 0.369 e. The normalized spacial score (nSPS) is 8.79. The first-order valence-corrected chi connectivity index (χ1v) is 7.91. The number of hydrogen-bond donors (Lipinski definition) is 5. The lowest BCUT2D eigenvalue weighted by Crippen LogP contribution is -2.23. The molecule has 9 nitrogen and oxygen atoms in total. The number of guanidine groups is 2. The number of rotatable bonds is 3. The summed E-state index contributed by atoms with van der Waals surface area (Å²) in [7, 11) is 0. The second kappa shape index (κ2) is 16.2. The maximum Gasteiger partial charge on any atom is 0.211 e. The number of aldehydes is 1. The van der Waals surface area contributed by atoms with Crippen LogP contribution in [0.4, 0.5) is 0 Å². The molecule has 0 aromatic heterocycles. The predicted octanol–water partition coefficient (Wildman–Crippen LogP) is 1.66. The van der Waals surface area contributed by atoms with Crippen molar-refractivity contribution in [2.75, 3.05) is 0 Å². The third-order valence-electron chi connectivity index (χ3n) is 2.41. The lowest BCUT2D eigenvalue weighted by Gasteiger charge is -1.90. The first-order valence-electron chi connectivity index (χ1n) is 7.15. The Bertz CT molecular complexity index is 769. The second-order valence-electron chi connectivity index (χ2n) is 4.54. The summed E-state index contributed by atoms with van der Waals surface area (Å²) in [6.45, 7) is 0. The number of hydrogen-bond acceptors (Lipinski definition) is 5. The molecule has 0 saturated carbocycles. The number of halogens is 3. The Hall–Kier alpha value is -3.01. The van der Waals surface area contributed by atoms with E-state index in [0.29, 0.717) is 15.6 Å². The van der Waals surface area contributed by atoms with Gasteiger partial charge in [-0.2, -0.15) is 5.10 Å². The van der Waals surface area contributed by atoms with Crippen LogP contribution in [0.3, 0.4) is 0 Å². The molecule has 0 saturated heterocycles. The average molecular weight is 448 g/mol. The number of carbonyl (C=O) groups excluding carboxylic acids is 1. The van der Waals surface area contributed by atoms with Gasteiger partial charge < -0.3 is 28.8 Å². The molecule has 0 aliphatic rings. The Morgan fingerprint density at radius 2 is 1.18 bits per heavy atom. The van der Waals surface area contributed by atoms with Gasteiger partial charge in [-0.25, -0.2) is 0 Å².